The molecule has 4 N–H and O–H groups in total. The molecular formula is C24H52O7P2. The third-order valence-electron chi connectivity index (χ3n) is 6.10. The van der Waals surface area contributed by atoms with Gasteiger partial charge in [-0.2, -0.15) is 0 Å². The summed E-state index contributed by atoms with van der Waals surface area (Å²) in [6, 6.07) is 0. The lowest BCUT2D eigenvalue weighted by Crippen LogP contribution is -1.92. The first-order chi connectivity index (χ1) is 15.7. The van der Waals surface area contributed by atoms with E-state index in [0.29, 0.717) is 6.42 Å². The molecule has 0 aliphatic carbocycles. The van der Waals surface area contributed by atoms with Crippen molar-refractivity contribution in [2.24, 2.45) is 0 Å². The van der Waals surface area contributed by atoms with Crippen LogP contribution in [-0.4, -0.2) is 32.3 Å². The van der Waals surface area contributed by atoms with Crippen molar-refractivity contribution in [1.82, 2.24) is 0 Å². The quantitative estimate of drug-likeness (QED) is 0.0684. The van der Waals surface area contributed by atoms with Gasteiger partial charge in [-0.05, 0) is 12.8 Å². The van der Waals surface area contributed by atoms with E-state index < -0.39 is 15.4 Å². The minimum Gasteiger partial charge on any atom is -0.324 e. The lowest BCUT2D eigenvalue weighted by atomic mass is 10.0. The second kappa shape index (κ2) is 22.7. The van der Waals surface area contributed by atoms with Gasteiger partial charge >= 0.3 is 15.4 Å². The van der Waals surface area contributed by atoms with Crippen LogP contribution in [0.4, 0.5) is 0 Å². The van der Waals surface area contributed by atoms with Crippen LogP contribution in [0.1, 0.15) is 141 Å². The Morgan fingerprint density at radius 1 is 0.394 bits per heavy atom. The van der Waals surface area contributed by atoms with Crippen molar-refractivity contribution in [2.45, 2.75) is 141 Å². The van der Waals surface area contributed by atoms with E-state index in [1.54, 1.807) is 0 Å². The predicted octanol–water partition coefficient (Wildman–Crippen LogP) is 7.86. The topological polar surface area (TPSA) is 124 Å². The van der Waals surface area contributed by atoms with E-state index in [9.17, 15) is 9.13 Å². The molecule has 0 aromatic carbocycles. The van der Waals surface area contributed by atoms with Gasteiger partial charge in [0, 0.05) is 6.16 Å². The molecule has 0 amide bonds. The van der Waals surface area contributed by atoms with Crippen molar-refractivity contribution in [3.8, 4) is 0 Å². The minimum absolute atomic E-state index is 0.0404. The van der Waals surface area contributed by atoms with Crippen LogP contribution in [0.5, 0.6) is 0 Å². The molecule has 0 bridgehead atoms. The molecule has 0 fully saturated rings. The van der Waals surface area contributed by atoms with E-state index in [1.165, 1.54) is 103 Å². The molecule has 0 rings (SSSR count). The van der Waals surface area contributed by atoms with Crippen molar-refractivity contribution < 1.29 is 33.2 Å². The van der Waals surface area contributed by atoms with Crippen molar-refractivity contribution in [3.05, 3.63) is 0 Å². The summed E-state index contributed by atoms with van der Waals surface area (Å²) >= 11 is 0. The number of phosphoric acid groups is 1. The summed E-state index contributed by atoms with van der Waals surface area (Å²) in [6.07, 6.45) is 26.5. The monoisotopic (exact) mass is 514 g/mol. The van der Waals surface area contributed by atoms with E-state index in [4.69, 9.17) is 19.6 Å². The molecular weight excluding hydrogens is 462 g/mol. The summed E-state index contributed by atoms with van der Waals surface area (Å²) in [6.45, 7) is 0.151. The van der Waals surface area contributed by atoms with Crippen LogP contribution in [0.25, 0.3) is 0 Å². The highest BCUT2D eigenvalue weighted by atomic mass is 31.2. The molecule has 0 heterocycles. The summed E-state index contributed by atoms with van der Waals surface area (Å²) in [7, 11) is -8.07. The Kier molecular flexibility index (Phi) is 22.9. The van der Waals surface area contributed by atoms with Gasteiger partial charge in [-0.15, -0.1) is 0 Å². The molecule has 0 spiro atoms. The zero-order valence-corrected chi connectivity index (χ0v) is 22.7. The Morgan fingerprint density at radius 2 is 0.636 bits per heavy atom. The Hall–Kier alpha value is 0.260. The summed E-state index contributed by atoms with van der Waals surface area (Å²) < 4.78 is 25.7. The van der Waals surface area contributed by atoms with Crippen LogP contribution < -0.4 is 0 Å². The fourth-order valence-electron chi connectivity index (χ4n) is 4.14. The van der Waals surface area contributed by atoms with Crippen molar-refractivity contribution in [3.63, 3.8) is 0 Å². The first-order valence-corrected chi connectivity index (χ1v) is 16.8. The largest absolute Gasteiger partial charge is 0.469 e. The van der Waals surface area contributed by atoms with E-state index in [2.05, 4.69) is 4.52 Å². The highest BCUT2D eigenvalue weighted by Crippen LogP contribution is 2.36. The molecule has 0 aliphatic heterocycles. The van der Waals surface area contributed by atoms with E-state index in [-0.39, 0.29) is 12.8 Å². The van der Waals surface area contributed by atoms with Crippen LogP contribution in [-0.2, 0) is 13.7 Å². The van der Waals surface area contributed by atoms with Gasteiger partial charge in [-0.25, -0.2) is 4.57 Å². The third-order valence-corrected chi connectivity index (χ3v) is 7.52. The number of hydrogen-bond acceptors (Lipinski definition) is 3. The van der Waals surface area contributed by atoms with Gasteiger partial charge in [0.1, 0.15) is 0 Å². The Morgan fingerprint density at radius 3 is 0.879 bits per heavy atom. The smallest absolute Gasteiger partial charge is 0.324 e. The Bertz CT molecular complexity index is 461. The van der Waals surface area contributed by atoms with Gasteiger partial charge in [0.15, 0.2) is 0 Å². The molecule has 0 radical (unpaired) electrons. The Labute approximate surface area is 202 Å². The van der Waals surface area contributed by atoms with Gasteiger partial charge in [0.05, 0.1) is 6.61 Å². The zero-order valence-electron chi connectivity index (χ0n) is 20.9. The van der Waals surface area contributed by atoms with Crippen LogP contribution >= 0.6 is 15.4 Å². The maximum Gasteiger partial charge on any atom is 0.469 e. The van der Waals surface area contributed by atoms with Gasteiger partial charge < -0.3 is 19.6 Å². The zero-order chi connectivity index (χ0) is 24.7. The first kappa shape index (κ1) is 33.3. The number of rotatable bonds is 26. The van der Waals surface area contributed by atoms with Gasteiger partial charge in [0.25, 0.3) is 0 Å². The van der Waals surface area contributed by atoms with Gasteiger partial charge in [-0.3, -0.25) is 9.09 Å². The van der Waals surface area contributed by atoms with E-state index >= 15 is 0 Å². The number of unbranched alkanes of at least 4 members (excludes halogenated alkanes) is 21. The van der Waals surface area contributed by atoms with E-state index in [1.807, 2.05) is 0 Å². The van der Waals surface area contributed by atoms with Crippen molar-refractivity contribution in [1.29, 1.82) is 0 Å². The molecule has 200 valence electrons. The molecule has 0 saturated carbocycles. The molecule has 9 heteroatoms. The maximum absolute atomic E-state index is 10.8. The Balaban J connectivity index is 3.08. The van der Waals surface area contributed by atoms with Crippen LogP contribution in [0.2, 0.25) is 0 Å². The average molecular weight is 515 g/mol. The van der Waals surface area contributed by atoms with Crippen LogP contribution in [0.15, 0.2) is 0 Å². The average Bonchev–Trinajstić information content (AvgIpc) is 2.72. The lowest BCUT2D eigenvalue weighted by molar-refractivity contribution is 0.193. The molecule has 7 nitrogen and oxygen atoms in total. The molecule has 0 aromatic rings. The molecule has 0 aromatic heterocycles. The predicted molar refractivity (Wildman–Crippen MR) is 136 cm³/mol. The fourth-order valence-corrected chi connectivity index (χ4v) is 5.14. The molecule has 0 unspecified atom stereocenters. The third kappa shape index (κ3) is 32.3. The molecule has 0 atom stereocenters. The number of hydrogen-bond donors (Lipinski definition) is 4. The highest BCUT2D eigenvalue weighted by Gasteiger charge is 2.12. The number of phosphoric ester groups is 1. The SMILES string of the molecule is O=P(O)(O)CCCCCCCCCCCCCCCCCCCCCCCCOP(=O)(O)O. The fraction of sp³-hybridized carbons (Fsp3) is 1.00. The minimum atomic E-state index is -4.28. The lowest BCUT2D eigenvalue weighted by Gasteiger charge is -2.05. The van der Waals surface area contributed by atoms with E-state index in [0.717, 1.165) is 32.1 Å². The van der Waals surface area contributed by atoms with Gasteiger partial charge in [0.2, 0.25) is 0 Å². The first-order valence-electron chi connectivity index (χ1n) is 13.5. The summed E-state index contributed by atoms with van der Waals surface area (Å²) in [5.41, 5.74) is 0. The highest BCUT2D eigenvalue weighted by molar-refractivity contribution is 7.51. The van der Waals surface area contributed by atoms with Gasteiger partial charge in [-0.1, -0.05) is 128 Å². The van der Waals surface area contributed by atoms with Crippen LogP contribution in [0, 0.1) is 0 Å². The molecule has 0 saturated heterocycles. The van der Waals surface area contributed by atoms with Crippen molar-refractivity contribution >= 4 is 15.4 Å². The molecule has 33 heavy (non-hydrogen) atoms. The van der Waals surface area contributed by atoms with Crippen LogP contribution in [0.3, 0.4) is 0 Å². The van der Waals surface area contributed by atoms with Crippen molar-refractivity contribution in [2.75, 3.05) is 12.8 Å². The standard InChI is InChI=1S/C24H52O7P2/c25-32(26,27)24-22-20-18-16-14-12-10-8-6-4-2-1-3-5-7-9-11-13-15-17-19-21-23-31-33(28,29)30/h1-24H2,(H2,25,26,27)(H2,28,29,30). The molecule has 0 aliphatic rings. The summed E-state index contributed by atoms with van der Waals surface area (Å²) in [5, 5.41) is 0. The second-order valence-electron chi connectivity index (χ2n) is 9.49. The summed E-state index contributed by atoms with van der Waals surface area (Å²) in [4.78, 5) is 34.8. The maximum atomic E-state index is 10.8. The second-order valence-corrected chi connectivity index (χ2v) is 12.5. The summed E-state index contributed by atoms with van der Waals surface area (Å²) in [5.74, 6) is 0. The normalized spacial score (nSPS) is 12.5.